The molecule has 8 heteroatoms. The topological polar surface area (TPSA) is 109 Å². The molecule has 3 N–H and O–H groups in total. The fourth-order valence-corrected chi connectivity index (χ4v) is 2.45. The Kier molecular flexibility index (Phi) is 6.70. The summed E-state index contributed by atoms with van der Waals surface area (Å²) in [6.45, 7) is 7.61. The van der Waals surface area contributed by atoms with Gasteiger partial charge in [0, 0.05) is 25.5 Å². The van der Waals surface area contributed by atoms with Crippen LogP contribution in [0.15, 0.2) is 47.1 Å². The third-order valence-corrected chi connectivity index (χ3v) is 3.99. The van der Waals surface area contributed by atoms with Gasteiger partial charge in [0.15, 0.2) is 11.1 Å². The molecule has 1 saturated heterocycles. The molecule has 28 heavy (non-hydrogen) atoms. The van der Waals surface area contributed by atoms with Crippen LogP contribution in [0.4, 0.5) is 10.6 Å². The molecule has 3 amide bonds. The van der Waals surface area contributed by atoms with Gasteiger partial charge < -0.3 is 15.1 Å². The Morgan fingerprint density at radius 1 is 1.14 bits per heavy atom. The van der Waals surface area contributed by atoms with E-state index in [9.17, 15) is 9.59 Å². The molecule has 0 spiro atoms. The number of rotatable bonds is 2. The van der Waals surface area contributed by atoms with Crippen LogP contribution >= 0.6 is 0 Å². The lowest BCUT2D eigenvalue weighted by Gasteiger charge is -2.16. The lowest BCUT2D eigenvalue weighted by atomic mass is 10.00. The SMILES string of the molecule is CC.CC1(c2cc3ncccc3o2)NC(=O)NC1=O.CNc1ccc(C)cn1. The van der Waals surface area contributed by atoms with E-state index in [1.807, 2.05) is 46.1 Å². The van der Waals surface area contributed by atoms with Crippen LogP contribution in [0.5, 0.6) is 0 Å². The Labute approximate surface area is 163 Å². The molecule has 4 heterocycles. The molecule has 148 valence electrons. The van der Waals surface area contributed by atoms with Gasteiger partial charge >= 0.3 is 6.03 Å². The van der Waals surface area contributed by atoms with Gasteiger partial charge in [0.1, 0.15) is 17.1 Å². The molecule has 0 bridgehead atoms. The lowest BCUT2D eigenvalue weighted by Crippen LogP contribution is -2.40. The van der Waals surface area contributed by atoms with Crippen molar-refractivity contribution in [2.75, 3.05) is 12.4 Å². The molecule has 3 aromatic rings. The monoisotopic (exact) mass is 383 g/mol. The summed E-state index contributed by atoms with van der Waals surface area (Å²) in [5, 5.41) is 7.66. The summed E-state index contributed by atoms with van der Waals surface area (Å²) in [6, 6.07) is 8.61. The maximum atomic E-state index is 11.7. The minimum atomic E-state index is -1.17. The van der Waals surface area contributed by atoms with Crippen LogP contribution < -0.4 is 16.0 Å². The van der Waals surface area contributed by atoms with Gasteiger partial charge in [-0.3, -0.25) is 15.1 Å². The number of furan rings is 1. The number of aryl methyl sites for hydroxylation is 1. The molecule has 0 aromatic carbocycles. The van der Waals surface area contributed by atoms with Gasteiger partial charge in [-0.2, -0.15) is 0 Å². The zero-order chi connectivity index (χ0) is 20.7. The molecule has 1 unspecified atom stereocenters. The van der Waals surface area contributed by atoms with Crippen molar-refractivity contribution in [2.45, 2.75) is 33.2 Å². The van der Waals surface area contributed by atoms with Gasteiger partial charge in [-0.25, -0.2) is 9.78 Å². The van der Waals surface area contributed by atoms with E-state index < -0.39 is 17.5 Å². The van der Waals surface area contributed by atoms with Gasteiger partial charge in [-0.05, 0) is 37.6 Å². The molecular weight excluding hydrogens is 358 g/mol. The summed E-state index contributed by atoms with van der Waals surface area (Å²) in [5.74, 6) is 0.858. The second-order valence-electron chi connectivity index (χ2n) is 6.00. The summed E-state index contributed by atoms with van der Waals surface area (Å²) < 4.78 is 5.54. The minimum absolute atomic E-state index is 0.370. The second-order valence-corrected chi connectivity index (χ2v) is 6.00. The molecular formula is C20H25N5O3. The minimum Gasteiger partial charge on any atom is -0.456 e. The highest BCUT2D eigenvalue weighted by Crippen LogP contribution is 2.29. The van der Waals surface area contributed by atoms with Gasteiger partial charge in [-0.15, -0.1) is 0 Å². The highest BCUT2D eigenvalue weighted by atomic mass is 16.3. The average molecular weight is 383 g/mol. The number of nitrogens with zero attached hydrogens (tertiary/aromatic N) is 2. The largest absolute Gasteiger partial charge is 0.456 e. The average Bonchev–Trinajstić information content (AvgIpc) is 3.26. The summed E-state index contributed by atoms with van der Waals surface area (Å²) in [6.07, 6.45) is 3.48. The number of urea groups is 1. The lowest BCUT2D eigenvalue weighted by molar-refractivity contribution is -0.124. The van der Waals surface area contributed by atoms with Crippen LogP contribution in [0, 0.1) is 6.92 Å². The quantitative estimate of drug-likeness (QED) is 0.586. The summed E-state index contributed by atoms with van der Waals surface area (Å²) in [7, 11) is 1.86. The van der Waals surface area contributed by atoms with Crippen molar-refractivity contribution in [2.24, 2.45) is 0 Å². The first-order valence-electron chi connectivity index (χ1n) is 9.01. The highest BCUT2D eigenvalue weighted by molar-refractivity contribution is 6.07. The molecule has 1 fully saturated rings. The number of nitrogens with one attached hydrogen (secondary N) is 3. The van der Waals surface area contributed by atoms with Crippen LogP contribution in [-0.4, -0.2) is 29.0 Å². The van der Waals surface area contributed by atoms with Crippen molar-refractivity contribution in [3.05, 3.63) is 54.0 Å². The molecule has 4 rings (SSSR count). The molecule has 8 nitrogen and oxygen atoms in total. The maximum absolute atomic E-state index is 11.7. The van der Waals surface area contributed by atoms with E-state index in [-0.39, 0.29) is 0 Å². The Balaban J connectivity index is 0.000000216. The number of fused-ring (bicyclic) bond motifs is 1. The molecule has 1 aliphatic rings. The van der Waals surface area contributed by atoms with E-state index in [1.54, 1.807) is 31.3 Å². The smallest absolute Gasteiger partial charge is 0.322 e. The van der Waals surface area contributed by atoms with E-state index in [4.69, 9.17) is 4.42 Å². The summed E-state index contributed by atoms with van der Waals surface area (Å²) >= 11 is 0. The molecule has 0 aliphatic carbocycles. The predicted octanol–water partition coefficient (Wildman–Crippen LogP) is 3.34. The van der Waals surface area contributed by atoms with Crippen LogP contribution in [0.1, 0.15) is 32.1 Å². The first-order chi connectivity index (χ1) is 13.4. The van der Waals surface area contributed by atoms with E-state index in [0.29, 0.717) is 16.9 Å². The Hall–Kier alpha value is -3.42. The zero-order valence-electron chi connectivity index (χ0n) is 16.7. The highest BCUT2D eigenvalue weighted by Gasteiger charge is 2.46. The number of pyridine rings is 2. The van der Waals surface area contributed by atoms with E-state index >= 15 is 0 Å². The van der Waals surface area contributed by atoms with E-state index in [1.165, 1.54) is 5.56 Å². The number of hydrogen-bond acceptors (Lipinski definition) is 6. The van der Waals surface area contributed by atoms with E-state index in [0.717, 1.165) is 5.82 Å². The molecule has 0 radical (unpaired) electrons. The Morgan fingerprint density at radius 2 is 1.89 bits per heavy atom. The number of aromatic nitrogens is 2. The van der Waals surface area contributed by atoms with Crippen LogP contribution in [0.2, 0.25) is 0 Å². The standard InChI is InChI=1S/C11H9N3O3.C7H10N2.C2H6/c1-11(9(15)13-10(16)14-11)8-5-6-7(17-8)3-2-4-12-6;1-6-3-4-7(8-2)9-5-6;1-2/h2-5H,1H3,(H2,13,14,15,16);3-5H,1-2H3,(H,8,9);1-2H3. The third-order valence-electron chi connectivity index (χ3n) is 3.99. The fourth-order valence-electron chi connectivity index (χ4n) is 2.45. The normalized spacial score (nSPS) is 17.6. The van der Waals surface area contributed by atoms with Crippen LogP contribution in [0.25, 0.3) is 11.1 Å². The Morgan fingerprint density at radius 3 is 2.43 bits per heavy atom. The van der Waals surface area contributed by atoms with Crippen molar-refractivity contribution in [1.29, 1.82) is 0 Å². The fraction of sp³-hybridized carbons (Fsp3) is 0.300. The van der Waals surface area contributed by atoms with Crippen molar-refractivity contribution in [1.82, 2.24) is 20.6 Å². The molecule has 1 atom stereocenters. The van der Waals surface area contributed by atoms with Gasteiger partial charge in [0.2, 0.25) is 0 Å². The van der Waals surface area contributed by atoms with Crippen molar-refractivity contribution < 1.29 is 14.0 Å². The predicted molar refractivity (Wildman–Crippen MR) is 108 cm³/mol. The van der Waals surface area contributed by atoms with Crippen molar-refractivity contribution in [3.8, 4) is 0 Å². The second kappa shape index (κ2) is 8.98. The van der Waals surface area contributed by atoms with Crippen LogP contribution in [-0.2, 0) is 10.3 Å². The van der Waals surface area contributed by atoms with Gasteiger partial charge in [-0.1, -0.05) is 19.9 Å². The molecule has 1 aliphatic heterocycles. The zero-order valence-corrected chi connectivity index (χ0v) is 16.7. The maximum Gasteiger partial charge on any atom is 0.322 e. The molecule has 3 aromatic heterocycles. The number of imide groups is 1. The third kappa shape index (κ3) is 4.46. The van der Waals surface area contributed by atoms with Crippen molar-refractivity contribution in [3.63, 3.8) is 0 Å². The first-order valence-corrected chi connectivity index (χ1v) is 9.01. The number of anilines is 1. The van der Waals surface area contributed by atoms with Crippen LogP contribution in [0.3, 0.4) is 0 Å². The first kappa shape index (κ1) is 20.9. The Bertz CT molecular complexity index is 919. The number of hydrogen-bond donors (Lipinski definition) is 3. The summed E-state index contributed by atoms with van der Waals surface area (Å²) in [5.41, 5.74) is 1.25. The number of carbonyl (C=O) groups is 2. The van der Waals surface area contributed by atoms with Gasteiger partial charge in [0.05, 0.1) is 0 Å². The van der Waals surface area contributed by atoms with Crippen molar-refractivity contribution >= 4 is 28.9 Å². The summed E-state index contributed by atoms with van der Waals surface area (Å²) in [4.78, 5) is 31.1. The van der Waals surface area contributed by atoms with E-state index in [2.05, 4.69) is 25.9 Å². The molecule has 0 saturated carbocycles. The number of carbonyl (C=O) groups excluding carboxylic acids is 2. The van der Waals surface area contributed by atoms with Gasteiger partial charge in [0.25, 0.3) is 5.91 Å². The number of amides is 3.